The van der Waals surface area contributed by atoms with Crippen LogP contribution in [0.4, 0.5) is 16.2 Å². The zero-order chi connectivity index (χ0) is 33.2. The molecule has 0 fully saturated rings. The Bertz CT molecular complexity index is 1830. The number of anilines is 2. The van der Waals surface area contributed by atoms with E-state index in [1.165, 1.54) is 11.8 Å². The van der Waals surface area contributed by atoms with E-state index < -0.39 is 22.2 Å². The maximum Gasteiger partial charge on any atom is 0.321 e. The number of urea groups is 1. The first-order valence-electron chi connectivity index (χ1n) is 15.0. The summed E-state index contributed by atoms with van der Waals surface area (Å²) in [6.07, 6.45) is -0.636. The van der Waals surface area contributed by atoms with Gasteiger partial charge in [0.2, 0.25) is 5.91 Å². The highest BCUT2D eigenvalue weighted by atomic mass is 32.2. The molecule has 0 radical (unpaired) electrons. The van der Waals surface area contributed by atoms with E-state index in [4.69, 9.17) is 9.26 Å². The molecule has 1 aromatic heterocycles. The number of likely N-dealkylation sites (N-methyl/N-ethyl adjacent to an activating group) is 1. The number of rotatable bonds is 8. The van der Waals surface area contributed by atoms with Crippen molar-refractivity contribution < 1.29 is 32.4 Å². The molecule has 3 amide bonds. The zero-order valence-corrected chi connectivity index (χ0v) is 27.3. The van der Waals surface area contributed by atoms with Crippen molar-refractivity contribution in [2.75, 3.05) is 36.8 Å². The lowest BCUT2D eigenvalue weighted by atomic mass is 10.0. The molecule has 0 saturated carbocycles. The minimum Gasteiger partial charge on any atom is -0.488 e. The smallest absolute Gasteiger partial charge is 0.321 e. The number of amides is 3. The van der Waals surface area contributed by atoms with Gasteiger partial charge in [0.1, 0.15) is 17.5 Å². The summed E-state index contributed by atoms with van der Waals surface area (Å²) >= 11 is 0. The fourth-order valence-electron chi connectivity index (χ4n) is 5.67. The molecule has 0 spiro atoms. The molecular weight excluding hydrogens is 610 g/mol. The van der Waals surface area contributed by atoms with Crippen LogP contribution in [0.1, 0.15) is 30.9 Å². The van der Waals surface area contributed by atoms with Gasteiger partial charge in [0.25, 0.3) is 10.0 Å². The molecule has 12 nitrogen and oxygen atoms in total. The molecule has 46 heavy (non-hydrogen) atoms. The Hall–Kier alpha value is -4.62. The normalized spacial score (nSPS) is 17.7. The monoisotopic (exact) mass is 649 g/mol. The third-order valence-corrected chi connectivity index (χ3v) is 9.86. The van der Waals surface area contributed by atoms with Gasteiger partial charge in [-0.25, -0.2) is 13.2 Å². The van der Waals surface area contributed by atoms with Gasteiger partial charge in [0.05, 0.1) is 31.3 Å². The van der Waals surface area contributed by atoms with Crippen LogP contribution < -0.4 is 14.8 Å². The average molecular weight is 650 g/mol. The van der Waals surface area contributed by atoms with Crippen LogP contribution >= 0.6 is 0 Å². The molecule has 0 aliphatic carbocycles. The first kappa shape index (κ1) is 32.8. The van der Waals surface area contributed by atoms with Gasteiger partial charge >= 0.3 is 6.03 Å². The Morgan fingerprint density at radius 1 is 1.15 bits per heavy atom. The number of nitrogens with zero attached hydrogens (tertiary/aromatic N) is 3. The van der Waals surface area contributed by atoms with Crippen molar-refractivity contribution in [1.82, 2.24) is 15.0 Å². The van der Waals surface area contributed by atoms with E-state index in [0.717, 1.165) is 10.8 Å². The second-order valence-corrected chi connectivity index (χ2v) is 13.4. The van der Waals surface area contributed by atoms with E-state index >= 15 is 0 Å². The summed E-state index contributed by atoms with van der Waals surface area (Å²) in [5.74, 6) is 0.0678. The van der Waals surface area contributed by atoms with Crippen molar-refractivity contribution in [2.24, 2.45) is 5.92 Å². The lowest BCUT2D eigenvalue weighted by Crippen LogP contribution is -2.48. The highest BCUT2D eigenvalue weighted by Crippen LogP contribution is 2.31. The molecule has 13 heteroatoms. The number of ether oxygens (including phenoxy) is 1. The molecule has 0 unspecified atom stereocenters. The highest BCUT2D eigenvalue weighted by Gasteiger charge is 2.32. The molecule has 4 aromatic rings. The number of carbonyl (C=O) groups is 2. The maximum atomic E-state index is 13.6. The quantitative estimate of drug-likeness (QED) is 0.251. The van der Waals surface area contributed by atoms with E-state index in [0.29, 0.717) is 17.0 Å². The molecular formula is C33H39N5O7S. The number of aromatic nitrogens is 1. The lowest BCUT2D eigenvalue weighted by Gasteiger charge is -2.34. The predicted octanol–water partition coefficient (Wildman–Crippen LogP) is 4.56. The Morgan fingerprint density at radius 3 is 2.61 bits per heavy atom. The van der Waals surface area contributed by atoms with E-state index in [9.17, 15) is 23.1 Å². The molecule has 2 heterocycles. The largest absolute Gasteiger partial charge is 0.488 e. The number of sulfonamides is 1. The van der Waals surface area contributed by atoms with Gasteiger partial charge in [-0.1, -0.05) is 48.5 Å². The number of carbonyl (C=O) groups excluding carboxylic acids is 2. The highest BCUT2D eigenvalue weighted by molar-refractivity contribution is 7.92. The molecule has 3 aromatic carbocycles. The van der Waals surface area contributed by atoms with E-state index in [1.807, 2.05) is 49.4 Å². The number of benzene rings is 3. The fraction of sp³-hybridized carbons (Fsp3) is 0.364. The van der Waals surface area contributed by atoms with Gasteiger partial charge < -0.3 is 29.5 Å². The topological polar surface area (TPSA) is 154 Å². The summed E-state index contributed by atoms with van der Waals surface area (Å²) in [5.41, 5.74) is 1.60. The Morgan fingerprint density at radius 2 is 1.89 bits per heavy atom. The van der Waals surface area contributed by atoms with Crippen LogP contribution in [-0.4, -0.2) is 79.3 Å². The van der Waals surface area contributed by atoms with Crippen LogP contribution in [0.3, 0.4) is 0 Å². The molecule has 244 valence electrons. The number of aryl methyl sites for hydroxylation is 2. The van der Waals surface area contributed by atoms with Crippen molar-refractivity contribution in [1.29, 1.82) is 0 Å². The number of hydrogen-bond donors (Lipinski definition) is 3. The van der Waals surface area contributed by atoms with Crippen LogP contribution in [-0.2, 0) is 21.2 Å². The standard InChI is InChI=1S/C33H39N5O7S/c1-20-17-38(21(2)19-39)31(40)16-25-15-26(36-46(42,43)32-22(3)35-45-23(32)4)13-14-29(25)44-30(20)18-37(5)33(41)34-28-12-8-10-24-9-6-7-11-27(24)28/h6-15,20-21,30,36,39H,16-19H2,1-5H3,(H,34,41)/t20-,21+,30-/m1/s1. The summed E-state index contributed by atoms with van der Waals surface area (Å²) < 4.78 is 40.5. The van der Waals surface area contributed by atoms with Gasteiger partial charge in [-0.05, 0) is 50.4 Å². The third kappa shape index (κ3) is 6.95. The molecule has 1 aliphatic rings. The minimum absolute atomic E-state index is 0.0509. The number of fused-ring (bicyclic) bond motifs is 2. The van der Waals surface area contributed by atoms with Gasteiger partial charge in [0.15, 0.2) is 10.7 Å². The molecule has 1 aliphatic heterocycles. The predicted molar refractivity (Wildman–Crippen MR) is 174 cm³/mol. The molecule has 0 saturated heterocycles. The van der Waals surface area contributed by atoms with Crippen LogP contribution in [0, 0.1) is 19.8 Å². The van der Waals surface area contributed by atoms with E-state index in [-0.39, 0.29) is 66.0 Å². The summed E-state index contributed by atoms with van der Waals surface area (Å²) in [5, 5.41) is 18.6. The minimum atomic E-state index is -4.03. The third-order valence-electron chi connectivity index (χ3n) is 8.24. The number of aliphatic hydroxyl groups excluding tert-OH is 1. The fourth-order valence-corrected chi connectivity index (χ4v) is 7.05. The Labute approximate surface area is 268 Å². The summed E-state index contributed by atoms with van der Waals surface area (Å²) in [6.45, 7) is 6.99. The summed E-state index contributed by atoms with van der Waals surface area (Å²) in [7, 11) is -2.36. The first-order chi connectivity index (χ1) is 21.9. The first-order valence-corrected chi connectivity index (χ1v) is 16.5. The van der Waals surface area contributed by atoms with Gasteiger partial charge in [-0.15, -0.1) is 0 Å². The van der Waals surface area contributed by atoms with E-state index in [2.05, 4.69) is 15.2 Å². The number of aliphatic hydroxyl groups is 1. The Balaban J connectivity index is 1.42. The van der Waals surface area contributed by atoms with Crippen molar-refractivity contribution >= 4 is 44.1 Å². The number of hydrogen-bond acceptors (Lipinski definition) is 8. The second kappa shape index (κ2) is 13.4. The second-order valence-electron chi connectivity index (χ2n) is 11.8. The van der Waals surface area contributed by atoms with E-state index in [1.54, 1.807) is 44.0 Å². The average Bonchev–Trinajstić information content (AvgIpc) is 3.39. The SMILES string of the molecule is Cc1noc(C)c1S(=O)(=O)Nc1ccc2c(c1)CC(=O)N([C@@H](C)CO)C[C@@H](C)[C@@H](CN(C)C(=O)Nc1cccc3ccccc13)O2. The molecule has 0 bridgehead atoms. The molecule has 5 rings (SSSR count). The van der Waals surface area contributed by atoms with Gasteiger partial charge in [-0.3, -0.25) is 9.52 Å². The summed E-state index contributed by atoms with van der Waals surface area (Å²) in [6, 6.07) is 17.4. The number of nitrogens with one attached hydrogen (secondary N) is 2. The van der Waals surface area contributed by atoms with Crippen molar-refractivity contribution in [2.45, 2.75) is 51.2 Å². The maximum absolute atomic E-state index is 13.6. The van der Waals surface area contributed by atoms with Gasteiger partial charge in [-0.2, -0.15) is 0 Å². The zero-order valence-electron chi connectivity index (χ0n) is 26.5. The van der Waals surface area contributed by atoms with Gasteiger partial charge in [0, 0.05) is 36.1 Å². The van der Waals surface area contributed by atoms with Crippen molar-refractivity contribution in [3.05, 3.63) is 77.7 Å². The lowest BCUT2D eigenvalue weighted by molar-refractivity contribution is -0.134. The summed E-state index contributed by atoms with van der Waals surface area (Å²) in [4.78, 5) is 30.0. The molecule has 3 N–H and O–H groups in total. The molecule has 3 atom stereocenters. The van der Waals surface area contributed by atoms with Crippen molar-refractivity contribution in [3.63, 3.8) is 0 Å². The Kier molecular flexibility index (Phi) is 9.54. The van der Waals surface area contributed by atoms with Crippen LogP contribution in [0.5, 0.6) is 5.75 Å². The van der Waals surface area contributed by atoms with Crippen molar-refractivity contribution in [3.8, 4) is 5.75 Å². The van der Waals surface area contributed by atoms with Crippen LogP contribution in [0.15, 0.2) is 70.1 Å². The van der Waals surface area contributed by atoms with Crippen LogP contribution in [0.25, 0.3) is 10.8 Å². The van der Waals surface area contributed by atoms with Crippen LogP contribution in [0.2, 0.25) is 0 Å².